The summed E-state index contributed by atoms with van der Waals surface area (Å²) in [5.41, 5.74) is 2.93. The van der Waals surface area contributed by atoms with E-state index in [0.717, 1.165) is 17.8 Å². The van der Waals surface area contributed by atoms with Crippen molar-refractivity contribution in [2.75, 3.05) is 18.6 Å². The van der Waals surface area contributed by atoms with Crippen molar-refractivity contribution < 1.29 is 4.79 Å². The van der Waals surface area contributed by atoms with Crippen LogP contribution in [0.3, 0.4) is 0 Å². The Bertz CT molecular complexity index is 581. The summed E-state index contributed by atoms with van der Waals surface area (Å²) >= 11 is 1.73. The summed E-state index contributed by atoms with van der Waals surface area (Å²) < 4.78 is 0. The molecule has 0 heterocycles. The fourth-order valence-corrected chi connectivity index (χ4v) is 2.31. The van der Waals surface area contributed by atoms with E-state index in [-0.39, 0.29) is 5.91 Å². The first-order valence-corrected chi connectivity index (χ1v) is 7.64. The van der Waals surface area contributed by atoms with Crippen molar-refractivity contribution in [2.24, 2.45) is 0 Å². The van der Waals surface area contributed by atoms with Gasteiger partial charge in [-0.15, -0.1) is 11.8 Å². The minimum atomic E-state index is -0.0582. The number of carbonyl (C=O) groups excluding carboxylic acids is 1. The van der Waals surface area contributed by atoms with Gasteiger partial charge in [0.25, 0.3) is 5.91 Å². The number of anilines is 1. The fraction of sp³-hybridized carbons (Fsp3) is 0.188. The first-order valence-electron chi connectivity index (χ1n) is 6.42. The van der Waals surface area contributed by atoms with Gasteiger partial charge in [-0.1, -0.05) is 18.2 Å². The molecule has 0 fully saturated rings. The van der Waals surface area contributed by atoms with Gasteiger partial charge in [0, 0.05) is 29.7 Å². The van der Waals surface area contributed by atoms with E-state index < -0.39 is 0 Å². The number of amides is 1. The lowest BCUT2D eigenvalue weighted by atomic mass is 10.1. The maximum atomic E-state index is 11.4. The molecule has 0 aromatic heterocycles. The van der Waals surface area contributed by atoms with Gasteiger partial charge in [-0.2, -0.15) is 0 Å². The smallest absolute Gasteiger partial charge is 0.251 e. The maximum absolute atomic E-state index is 11.4. The molecule has 2 rings (SSSR count). The van der Waals surface area contributed by atoms with E-state index in [0.29, 0.717) is 5.56 Å². The van der Waals surface area contributed by atoms with Crippen LogP contribution in [0.1, 0.15) is 15.9 Å². The molecular formula is C16H18N2OS. The fourth-order valence-electron chi connectivity index (χ4n) is 1.86. The summed E-state index contributed by atoms with van der Waals surface area (Å²) in [5, 5.41) is 6.00. The molecule has 20 heavy (non-hydrogen) atoms. The maximum Gasteiger partial charge on any atom is 0.251 e. The number of benzene rings is 2. The minimum Gasteiger partial charge on any atom is -0.381 e. The van der Waals surface area contributed by atoms with E-state index in [1.54, 1.807) is 18.8 Å². The third kappa shape index (κ3) is 3.78. The highest BCUT2D eigenvalue weighted by Gasteiger charge is 2.02. The van der Waals surface area contributed by atoms with Crippen LogP contribution in [-0.4, -0.2) is 19.2 Å². The summed E-state index contributed by atoms with van der Waals surface area (Å²) in [6.07, 6.45) is 2.07. The zero-order valence-electron chi connectivity index (χ0n) is 11.6. The van der Waals surface area contributed by atoms with Crippen molar-refractivity contribution in [3.05, 3.63) is 59.7 Å². The van der Waals surface area contributed by atoms with Crippen molar-refractivity contribution in [3.63, 3.8) is 0 Å². The predicted octanol–water partition coefficient (Wildman–Crippen LogP) is 3.38. The Morgan fingerprint density at radius 2 is 1.90 bits per heavy atom. The van der Waals surface area contributed by atoms with Crippen molar-refractivity contribution in [1.29, 1.82) is 0 Å². The highest BCUT2D eigenvalue weighted by atomic mass is 32.2. The highest BCUT2D eigenvalue weighted by Crippen LogP contribution is 2.19. The van der Waals surface area contributed by atoms with Crippen LogP contribution in [0.2, 0.25) is 0 Å². The second-order valence-electron chi connectivity index (χ2n) is 4.36. The Morgan fingerprint density at radius 1 is 1.15 bits per heavy atom. The molecule has 2 aromatic carbocycles. The second kappa shape index (κ2) is 7.01. The Balaban J connectivity index is 1.98. The quantitative estimate of drug-likeness (QED) is 0.828. The molecule has 2 aromatic rings. The molecule has 0 radical (unpaired) electrons. The van der Waals surface area contributed by atoms with Gasteiger partial charge < -0.3 is 10.6 Å². The molecule has 0 aliphatic carbocycles. The molecule has 0 bridgehead atoms. The van der Waals surface area contributed by atoms with E-state index in [4.69, 9.17) is 0 Å². The van der Waals surface area contributed by atoms with Crippen LogP contribution in [0.4, 0.5) is 5.69 Å². The molecule has 2 N–H and O–H groups in total. The zero-order valence-corrected chi connectivity index (χ0v) is 12.5. The molecule has 0 aliphatic rings. The topological polar surface area (TPSA) is 41.1 Å². The normalized spacial score (nSPS) is 10.1. The van der Waals surface area contributed by atoms with Crippen molar-refractivity contribution in [3.8, 4) is 0 Å². The predicted molar refractivity (Wildman–Crippen MR) is 85.4 cm³/mol. The number of nitrogens with one attached hydrogen (secondary N) is 2. The molecule has 0 saturated heterocycles. The van der Waals surface area contributed by atoms with Gasteiger partial charge in [0.2, 0.25) is 0 Å². The van der Waals surface area contributed by atoms with Gasteiger partial charge >= 0.3 is 0 Å². The summed E-state index contributed by atoms with van der Waals surface area (Å²) in [4.78, 5) is 12.7. The lowest BCUT2D eigenvalue weighted by molar-refractivity contribution is 0.0963. The van der Waals surface area contributed by atoms with Gasteiger partial charge in [-0.05, 0) is 42.2 Å². The second-order valence-corrected chi connectivity index (χ2v) is 5.24. The van der Waals surface area contributed by atoms with Gasteiger partial charge in [-0.25, -0.2) is 0 Å². The highest BCUT2D eigenvalue weighted by molar-refractivity contribution is 7.98. The van der Waals surface area contributed by atoms with E-state index in [9.17, 15) is 4.79 Å². The molecule has 0 saturated carbocycles. The average Bonchev–Trinajstić information content (AvgIpc) is 2.53. The minimum absolute atomic E-state index is 0.0582. The van der Waals surface area contributed by atoms with Crippen molar-refractivity contribution in [2.45, 2.75) is 11.4 Å². The standard InChI is InChI=1S/C16H18N2OS/c1-17-16(19)13-8-6-12(7-9-13)11-18-14-4-3-5-15(10-14)20-2/h3-10,18H,11H2,1-2H3,(H,17,19). The number of thioether (sulfide) groups is 1. The number of rotatable bonds is 5. The summed E-state index contributed by atoms with van der Waals surface area (Å²) in [7, 11) is 1.64. The van der Waals surface area contributed by atoms with E-state index >= 15 is 0 Å². The Kier molecular flexibility index (Phi) is 5.07. The van der Waals surface area contributed by atoms with Crippen LogP contribution in [0.25, 0.3) is 0 Å². The number of hydrogen-bond donors (Lipinski definition) is 2. The van der Waals surface area contributed by atoms with Gasteiger partial charge in [0.05, 0.1) is 0 Å². The van der Waals surface area contributed by atoms with Crippen molar-refractivity contribution >= 4 is 23.4 Å². The van der Waals surface area contributed by atoms with E-state index in [2.05, 4.69) is 35.1 Å². The molecule has 104 valence electrons. The summed E-state index contributed by atoms with van der Waals surface area (Å²) in [5.74, 6) is -0.0582. The largest absolute Gasteiger partial charge is 0.381 e. The number of hydrogen-bond acceptors (Lipinski definition) is 3. The average molecular weight is 286 g/mol. The lowest BCUT2D eigenvalue weighted by Gasteiger charge is -2.08. The van der Waals surface area contributed by atoms with Crippen LogP contribution in [-0.2, 0) is 6.54 Å². The van der Waals surface area contributed by atoms with Crippen molar-refractivity contribution in [1.82, 2.24) is 5.32 Å². The van der Waals surface area contributed by atoms with Gasteiger partial charge in [0.15, 0.2) is 0 Å². The van der Waals surface area contributed by atoms with E-state index in [1.165, 1.54) is 4.90 Å². The molecule has 0 spiro atoms. The number of carbonyl (C=O) groups is 1. The monoisotopic (exact) mass is 286 g/mol. The molecule has 0 unspecified atom stereocenters. The molecule has 0 aliphatic heterocycles. The third-order valence-electron chi connectivity index (χ3n) is 3.01. The van der Waals surface area contributed by atoms with Crippen LogP contribution in [0.15, 0.2) is 53.4 Å². The van der Waals surface area contributed by atoms with Crippen LogP contribution >= 0.6 is 11.8 Å². The summed E-state index contributed by atoms with van der Waals surface area (Å²) in [6.45, 7) is 0.742. The van der Waals surface area contributed by atoms with Gasteiger partial charge in [-0.3, -0.25) is 4.79 Å². The van der Waals surface area contributed by atoms with Crippen LogP contribution in [0.5, 0.6) is 0 Å². The molecule has 4 heteroatoms. The molecular weight excluding hydrogens is 268 g/mol. The zero-order chi connectivity index (χ0) is 14.4. The molecule has 0 atom stereocenters. The first-order chi connectivity index (χ1) is 9.72. The lowest BCUT2D eigenvalue weighted by Crippen LogP contribution is -2.17. The van der Waals surface area contributed by atoms with Crippen LogP contribution in [0, 0.1) is 0 Å². The third-order valence-corrected chi connectivity index (χ3v) is 3.73. The first kappa shape index (κ1) is 14.5. The van der Waals surface area contributed by atoms with Crippen LogP contribution < -0.4 is 10.6 Å². The Hall–Kier alpha value is -1.94. The van der Waals surface area contributed by atoms with E-state index in [1.807, 2.05) is 30.3 Å². The Morgan fingerprint density at radius 3 is 2.55 bits per heavy atom. The molecule has 1 amide bonds. The Labute approximate surface area is 123 Å². The summed E-state index contributed by atoms with van der Waals surface area (Å²) in [6, 6.07) is 15.9. The SMILES string of the molecule is CNC(=O)c1ccc(CNc2cccc(SC)c2)cc1. The van der Waals surface area contributed by atoms with Gasteiger partial charge in [0.1, 0.15) is 0 Å². The molecule has 3 nitrogen and oxygen atoms in total.